The molecule has 5 rings (SSSR count). The number of benzene rings is 2. The predicted octanol–water partition coefficient (Wildman–Crippen LogP) is 5.13. The second-order valence-electron chi connectivity index (χ2n) is 9.16. The lowest BCUT2D eigenvalue weighted by atomic mass is 9.70. The highest BCUT2D eigenvalue weighted by Gasteiger charge is 2.57. The van der Waals surface area contributed by atoms with Crippen LogP contribution in [0, 0.1) is 0 Å². The average molecular weight is 419 g/mol. The molecule has 2 saturated carbocycles. The van der Waals surface area contributed by atoms with Gasteiger partial charge in [-0.15, -0.1) is 0 Å². The lowest BCUT2D eigenvalue weighted by Crippen LogP contribution is -2.62. The molecule has 0 radical (unpaired) electrons. The molecule has 2 aromatic rings. The minimum atomic E-state index is -0.420. The van der Waals surface area contributed by atoms with Crippen molar-refractivity contribution in [2.24, 2.45) is 0 Å². The van der Waals surface area contributed by atoms with Gasteiger partial charge in [-0.05, 0) is 61.6 Å². The van der Waals surface area contributed by atoms with E-state index in [1.54, 1.807) is 7.11 Å². The maximum absolute atomic E-state index is 13.8. The normalized spacial score (nSPS) is 22.5. The van der Waals surface area contributed by atoms with Crippen LogP contribution in [0.5, 0.6) is 5.75 Å². The van der Waals surface area contributed by atoms with Crippen LogP contribution in [0.2, 0.25) is 0 Å². The number of ether oxygens (including phenoxy) is 1. The molecule has 162 valence electrons. The summed E-state index contributed by atoms with van der Waals surface area (Å²) in [7, 11) is 1.63. The van der Waals surface area contributed by atoms with E-state index in [0.29, 0.717) is 5.56 Å². The van der Waals surface area contributed by atoms with Crippen molar-refractivity contribution in [3.8, 4) is 5.75 Å². The summed E-state index contributed by atoms with van der Waals surface area (Å²) < 4.78 is 5.24. The van der Waals surface area contributed by atoms with Crippen molar-refractivity contribution in [2.75, 3.05) is 12.4 Å². The smallest absolute Gasteiger partial charge is 0.254 e. The molecular formula is C26H30N2O3. The number of hydrogen-bond donors (Lipinski definition) is 1. The largest absolute Gasteiger partial charge is 0.497 e. The Hall–Kier alpha value is -2.82. The number of rotatable bonds is 4. The Morgan fingerprint density at radius 1 is 1.00 bits per heavy atom. The monoisotopic (exact) mass is 418 g/mol. The molecule has 1 spiro atoms. The number of carbonyl (C=O) groups is 2. The van der Waals surface area contributed by atoms with Crippen LogP contribution in [0.25, 0.3) is 0 Å². The molecule has 1 heterocycles. The fourth-order valence-electron chi connectivity index (χ4n) is 6.19. The highest BCUT2D eigenvalue weighted by molar-refractivity contribution is 6.05. The zero-order valence-electron chi connectivity index (χ0n) is 18.1. The van der Waals surface area contributed by atoms with Crippen LogP contribution in [0.3, 0.4) is 0 Å². The van der Waals surface area contributed by atoms with Gasteiger partial charge in [0.25, 0.3) is 5.91 Å². The molecule has 0 bridgehead atoms. The summed E-state index contributed by atoms with van der Waals surface area (Å²) >= 11 is 0. The molecule has 0 saturated heterocycles. The molecule has 1 aliphatic heterocycles. The summed E-state index contributed by atoms with van der Waals surface area (Å²) in [4.78, 5) is 29.7. The first-order chi connectivity index (χ1) is 15.1. The van der Waals surface area contributed by atoms with E-state index >= 15 is 0 Å². The second-order valence-corrected chi connectivity index (χ2v) is 9.16. The summed E-state index contributed by atoms with van der Waals surface area (Å²) in [6.45, 7) is 0. The first kappa shape index (κ1) is 20.1. The zero-order chi connectivity index (χ0) is 21.4. The van der Waals surface area contributed by atoms with Gasteiger partial charge in [0.05, 0.1) is 18.6 Å². The summed E-state index contributed by atoms with van der Waals surface area (Å²) in [5, 5.41) is 3.15. The summed E-state index contributed by atoms with van der Waals surface area (Å²) in [6, 6.07) is 15.4. The number of methoxy groups -OCH3 is 1. The third-order valence-corrected chi connectivity index (χ3v) is 7.52. The number of nitrogens with one attached hydrogen (secondary N) is 1. The van der Waals surface area contributed by atoms with E-state index in [0.717, 1.165) is 68.4 Å². The SMILES string of the molecule is COc1ccc(NC(=O)[C@@H]2c3ccccc3C(=O)N(C3CCCC3)C23CCCC3)cc1. The Kier molecular flexibility index (Phi) is 5.20. The Balaban J connectivity index is 1.57. The molecule has 5 heteroatoms. The number of anilines is 1. The Morgan fingerprint density at radius 3 is 2.35 bits per heavy atom. The van der Waals surface area contributed by atoms with E-state index in [-0.39, 0.29) is 23.8 Å². The van der Waals surface area contributed by atoms with E-state index in [1.807, 2.05) is 48.5 Å². The third kappa shape index (κ3) is 3.31. The van der Waals surface area contributed by atoms with E-state index in [1.165, 1.54) is 0 Å². The van der Waals surface area contributed by atoms with Crippen LogP contribution in [-0.2, 0) is 4.79 Å². The minimum absolute atomic E-state index is 0.0185. The van der Waals surface area contributed by atoms with Gasteiger partial charge >= 0.3 is 0 Å². The van der Waals surface area contributed by atoms with Crippen LogP contribution in [-0.4, -0.2) is 35.4 Å². The zero-order valence-corrected chi connectivity index (χ0v) is 18.1. The van der Waals surface area contributed by atoms with Gasteiger partial charge in [-0.2, -0.15) is 0 Å². The number of fused-ring (bicyclic) bond motifs is 1. The molecule has 0 unspecified atom stereocenters. The second kappa shape index (κ2) is 8.03. The van der Waals surface area contributed by atoms with E-state index in [2.05, 4.69) is 10.2 Å². The number of hydrogen-bond acceptors (Lipinski definition) is 3. The average Bonchev–Trinajstić information content (AvgIpc) is 3.48. The molecule has 2 aromatic carbocycles. The lowest BCUT2D eigenvalue weighted by Gasteiger charge is -2.52. The van der Waals surface area contributed by atoms with Gasteiger partial charge in [0.15, 0.2) is 0 Å². The Bertz CT molecular complexity index is 972. The van der Waals surface area contributed by atoms with Crippen LogP contribution in [0.15, 0.2) is 48.5 Å². The van der Waals surface area contributed by atoms with Crippen molar-refractivity contribution in [1.82, 2.24) is 4.90 Å². The van der Waals surface area contributed by atoms with E-state index in [9.17, 15) is 9.59 Å². The van der Waals surface area contributed by atoms with Crippen LogP contribution in [0.1, 0.15) is 73.2 Å². The van der Waals surface area contributed by atoms with Crippen LogP contribution in [0.4, 0.5) is 5.69 Å². The number of amides is 2. The number of carbonyl (C=O) groups excluding carboxylic acids is 2. The molecule has 1 N–H and O–H groups in total. The fourth-order valence-corrected chi connectivity index (χ4v) is 6.19. The van der Waals surface area contributed by atoms with Gasteiger partial charge in [0.1, 0.15) is 5.75 Å². The molecule has 31 heavy (non-hydrogen) atoms. The highest BCUT2D eigenvalue weighted by atomic mass is 16.5. The van der Waals surface area contributed by atoms with Gasteiger partial charge in [-0.1, -0.05) is 43.9 Å². The summed E-state index contributed by atoms with van der Waals surface area (Å²) in [5.41, 5.74) is 1.91. The van der Waals surface area contributed by atoms with Crippen molar-refractivity contribution in [3.63, 3.8) is 0 Å². The molecule has 0 aromatic heterocycles. The molecule has 2 fully saturated rings. The van der Waals surface area contributed by atoms with Crippen molar-refractivity contribution < 1.29 is 14.3 Å². The predicted molar refractivity (Wildman–Crippen MR) is 120 cm³/mol. The van der Waals surface area contributed by atoms with Gasteiger partial charge in [0.2, 0.25) is 5.91 Å². The first-order valence-corrected chi connectivity index (χ1v) is 11.5. The molecule has 3 aliphatic rings. The third-order valence-electron chi connectivity index (χ3n) is 7.52. The quantitative estimate of drug-likeness (QED) is 0.749. The molecule has 1 atom stereocenters. The van der Waals surface area contributed by atoms with Crippen molar-refractivity contribution in [3.05, 3.63) is 59.7 Å². The molecular weight excluding hydrogens is 388 g/mol. The summed E-state index contributed by atoms with van der Waals surface area (Å²) in [6.07, 6.45) is 8.32. The summed E-state index contributed by atoms with van der Waals surface area (Å²) in [5.74, 6) is 0.505. The molecule has 5 nitrogen and oxygen atoms in total. The fraction of sp³-hybridized carbons (Fsp3) is 0.462. The minimum Gasteiger partial charge on any atom is -0.497 e. The van der Waals surface area contributed by atoms with Crippen molar-refractivity contribution in [2.45, 2.75) is 68.9 Å². The molecule has 2 amide bonds. The van der Waals surface area contributed by atoms with Gasteiger partial charge < -0.3 is 15.0 Å². The maximum atomic E-state index is 13.8. The van der Waals surface area contributed by atoms with Gasteiger partial charge in [0, 0.05) is 17.3 Å². The Morgan fingerprint density at radius 2 is 1.68 bits per heavy atom. The van der Waals surface area contributed by atoms with E-state index in [4.69, 9.17) is 4.74 Å². The van der Waals surface area contributed by atoms with Crippen LogP contribution < -0.4 is 10.1 Å². The van der Waals surface area contributed by atoms with Crippen molar-refractivity contribution >= 4 is 17.5 Å². The van der Waals surface area contributed by atoms with Gasteiger partial charge in [-0.25, -0.2) is 0 Å². The first-order valence-electron chi connectivity index (χ1n) is 11.5. The lowest BCUT2D eigenvalue weighted by molar-refractivity contribution is -0.121. The van der Waals surface area contributed by atoms with Crippen molar-refractivity contribution in [1.29, 1.82) is 0 Å². The standard InChI is InChI=1S/C26H30N2O3/c1-31-20-14-12-18(13-15-20)27-24(29)23-21-10-4-5-11-22(21)25(30)28(19-8-2-3-9-19)26(23)16-6-7-17-26/h4-5,10-15,19,23H,2-3,6-9,16-17H2,1H3,(H,27,29)/t23-/m0/s1. The highest BCUT2D eigenvalue weighted by Crippen LogP contribution is 2.52. The maximum Gasteiger partial charge on any atom is 0.254 e. The number of nitrogens with zero attached hydrogens (tertiary/aromatic N) is 1. The van der Waals surface area contributed by atoms with Crippen LogP contribution >= 0.6 is 0 Å². The Labute approximate surface area is 183 Å². The van der Waals surface area contributed by atoms with E-state index < -0.39 is 5.54 Å². The topological polar surface area (TPSA) is 58.6 Å². The molecule has 2 aliphatic carbocycles. The van der Waals surface area contributed by atoms with Gasteiger partial charge in [-0.3, -0.25) is 9.59 Å².